The normalized spacial score (nSPS) is 10.9. The minimum absolute atomic E-state index is 0.0709. The SMILES string of the molecule is CC#CC(=O)NC(CC(=O)OCC)c1cccc(Br)c1. The maximum absolute atomic E-state index is 11.6. The third-order valence-electron chi connectivity index (χ3n) is 2.47. The van der Waals surface area contributed by atoms with E-state index in [4.69, 9.17) is 4.74 Å². The molecule has 1 N–H and O–H groups in total. The molecule has 0 aliphatic rings. The smallest absolute Gasteiger partial charge is 0.308 e. The summed E-state index contributed by atoms with van der Waals surface area (Å²) < 4.78 is 5.80. The van der Waals surface area contributed by atoms with Crippen molar-refractivity contribution in [2.75, 3.05) is 6.61 Å². The Balaban J connectivity index is 2.90. The highest BCUT2D eigenvalue weighted by Gasteiger charge is 2.18. The molecule has 106 valence electrons. The second-order valence-corrected chi connectivity index (χ2v) is 4.88. The molecule has 0 saturated carbocycles. The van der Waals surface area contributed by atoms with E-state index in [2.05, 4.69) is 33.1 Å². The van der Waals surface area contributed by atoms with Crippen LogP contribution in [0.2, 0.25) is 0 Å². The minimum Gasteiger partial charge on any atom is -0.466 e. The van der Waals surface area contributed by atoms with Crippen molar-refractivity contribution in [2.24, 2.45) is 0 Å². The molecule has 0 aliphatic heterocycles. The molecular formula is C15H16BrNO3. The van der Waals surface area contributed by atoms with Gasteiger partial charge < -0.3 is 10.1 Å². The van der Waals surface area contributed by atoms with Gasteiger partial charge in [0.05, 0.1) is 19.1 Å². The number of ether oxygens (including phenoxy) is 1. The second kappa shape index (κ2) is 8.39. The number of carbonyl (C=O) groups is 2. The summed E-state index contributed by atoms with van der Waals surface area (Å²) in [6, 6.07) is 6.95. The molecule has 1 unspecified atom stereocenters. The number of rotatable bonds is 5. The Morgan fingerprint density at radius 3 is 2.80 bits per heavy atom. The highest BCUT2D eigenvalue weighted by molar-refractivity contribution is 9.10. The summed E-state index contributed by atoms with van der Waals surface area (Å²) in [6.45, 7) is 3.64. The Hall–Kier alpha value is -1.80. The predicted molar refractivity (Wildman–Crippen MR) is 79.7 cm³/mol. The molecule has 0 fully saturated rings. The Bertz CT molecular complexity index is 546. The fourth-order valence-electron chi connectivity index (χ4n) is 1.67. The van der Waals surface area contributed by atoms with E-state index in [1.54, 1.807) is 13.8 Å². The molecule has 0 bridgehead atoms. The number of esters is 1. The van der Waals surface area contributed by atoms with Crippen molar-refractivity contribution >= 4 is 27.8 Å². The number of halogens is 1. The fourth-order valence-corrected chi connectivity index (χ4v) is 2.09. The number of hydrogen-bond acceptors (Lipinski definition) is 3. The van der Waals surface area contributed by atoms with Gasteiger partial charge in [-0.05, 0) is 37.5 Å². The van der Waals surface area contributed by atoms with Crippen LogP contribution in [0.15, 0.2) is 28.7 Å². The standard InChI is InChI=1S/C15H16BrNO3/c1-3-6-14(18)17-13(10-15(19)20-4-2)11-7-5-8-12(16)9-11/h5,7-9,13H,4,10H2,1-2H3,(H,17,18). The third-order valence-corrected chi connectivity index (χ3v) is 2.96. The van der Waals surface area contributed by atoms with Gasteiger partial charge in [-0.2, -0.15) is 0 Å². The van der Waals surface area contributed by atoms with E-state index in [0.29, 0.717) is 6.61 Å². The first-order valence-corrected chi connectivity index (χ1v) is 7.00. The molecule has 0 aromatic heterocycles. The van der Waals surface area contributed by atoms with Crippen molar-refractivity contribution in [1.29, 1.82) is 0 Å². The highest BCUT2D eigenvalue weighted by atomic mass is 79.9. The van der Waals surface area contributed by atoms with E-state index in [1.807, 2.05) is 24.3 Å². The van der Waals surface area contributed by atoms with Gasteiger partial charge in [-0.25, -0.2) is 0 Å². The van der Waals surface area contributed by atoms with Gasteiger partial charge in [0.2, 0.25) is 0 Å². The summed E-state index contributed by atoms with van der Waals surface area (Å²) in [7, 11) is 0. The number of nitrogens with one attached hydrogen (secondary N) is 1. The van der Waals surface area contributed by atoms with Crippen LogP contribution in [-0.4, -0.2) is 18.5 Å². The predicted octanol–water partition coefficient (Wildman–Crippen LogP) is 2.58. The lowest BCUT2D eigenvalue weighted by Gasteiger charge is -2.17. The highest BCUT2D eigenvalue weighted by Crippen LogP contribution is 2.21. The molecule has 1 atom stereocenters. The molecule has 20 heavy (non-hydrogen) atoms. The molecule has 5 heteroatoms. The monoisotopic (exact) mass is 337 g/mol. The molecule has 0 saturated heterocycles. The molecule has 0 aliphatic carbocycles. The van der Waals surface area contributed by atoms with Gasteiger partial charge in [0.25, 0.3) is 5.91 Å². The van der Waals surface area contributed by atoms with Crippen LogP contribution in [0.25, 0.3) is 0 Å². The van der Waals surface area contributed by atoms with Gasteiger partial charge in [0.1, 0.15) is 0 Å². The first kappa shape index (κ1) is 16.3. The molecule has 1 aromatic rings. The van der Waals surface area contributed by atoms with Gasteiger partial charge in [0, 0.05) is 4.47 Å². The Kier molecular flexibility index (Phi) is 6.82. The zero-order valence-electron chi connectivity index (χ0n) is 11.4. The van der Waals surface area contributed by atoms with Crippen LogP contribution in [-0.2, 0) is 14.3 Å². The van der Waals surface area contributed by atoms with E-state index in [9.17, 15) is 9.59 Å². The lowest BCUT2D eigenvalue weighted by atomic mass is 10.0. The molecule has 0 heterocycles. The average Bonchev–Trinajstić information content (AvgIpc) is 2.38. The van der Waals surface area contributed by atoms with Gasteiger partial charge >= 0.3 is 5.97 Å². The number of amides is 1. The maximum Gasteiger partial charge on any atom is 0.308 e. The number of hydrogen-bond donors (Lipinski definition) is 1. The van der Waals surface area contributed by atoms with Crippen LogP contribution < -0.4 is 5.32 Å². The lowest BCUT2D eigenvalue weighted by Crippen LogP contribution is -2.29. The van der Waals surface area contributed by atoms with E-state index in [0.717, 1.165) is 10.0 Å². The van der Waals surface area contributed by atoms with Crippen LogP contribution in [0.4, 0.5) is 0 Å². The van der Waals surface area contributed by atoms with Crippen LogP contribution in [0, 0.1) is 11.8 Å². The van der Waals surface area contributed by atoms with Crippen LogP contribution >= 0.6 is 15.9 Å². The van der Waals surface area contributed by atoms with Crippen LogP contribution in [0.1, 0.15) is 31.9 Å². The maximum atomic E-state index is 11.6. The quantitative estimate of drug-likeness (QED) is 0.663. The Labute approximate surface area is 127 Å². The van der Waals surface area contributed by atoms with Crippen molar-refractivity contribution in [3.8, 4) is 11.8 Å². The summed E-state index contributed by atoms with van der Waals surface area (Å²) in [5, 5.41) is 2.72. The van der Waals surface area contributed by atoms with E-state index in [-0.39, 0.29) is 12.4 Å². The van der Waals surface area contributed by atoms with Crippen LogP contribution in [0.3, 0.4) is 0 Å². The second-order valence-electron chi connectivity index (χ2n) is 3.97. The Morgan fingerprint density at radius 2 is 2.20 bits per heavy atom. The summed E-state index contributed by atoms with van der Waals surface area (Å²) >= 11 is 3.37. The zero-order valence-corrected chi connectivity index (χ0v) is 13.0. The zero-order chi connectivity index (χ0) is 15.0. The molecule has 1 amide bonds. The molecule has 0 spiro atoms. The first-order valence-electron chi connectivity index (χ1n) is 6.21. The van der Waals surface area contributed by atoms with E-state index >= 15 is 0 Å². The number of carbonyl (C=O) groups excluding carboxylic acids is 2. The fraction of sp³-hybridized carbons (Fsp3) is 0.333. The van der Waals surface area contributed by atoms with E-state index < -0.39 is 11.9 Å². The van der Waals surface area contributed by atoms with E-state index in [1.165, 1.54) is 0 Å². The topological polar surface area (TPSA) is 55.4 Å². The third kappa shape index (κ3) is 5.45. The molecule has 1 aromatic carbocycles. The summed E-state index contributed by atoms with van der Waals surface area (Å²) in [6.07, 6.45) is 0.0709. The van der Waals surface area contributed by atoms with Crippen molar-refractivity contribution in [3.05, 3.63) is 34.3 Å². The van der Waals surface area contributed by atoms with Gasteiger partial charge in [-0.1, -0.05) is 34.0 Å². The summed E-state index contributed by atoms with van der Waals surface area (Å²) in [5.41, 5.74) is 0.818. The van der Waals surface area contributed by atoms with Crippen molar-refractivity contribution in [3.63, 3.8) is 0 Å². The van der Waals surface area contributed by atoms with Gasteiger partial charge in [-0.15, -0.1) is 0 Å². The van der Waals surface area contributed by atoms with Gasteiger partial charge in [0.15, 0.2) is 0 Å². The summed E-state index contributed by atoms with van der Waals surface area (Å²) in [5.74, 6) is 4.15. The van der Waals surface area contributed by atoms with Crippen molar-refractivity contribution in [2.45, 2.75) is 26.3 Å². The lowest BCUT2D eigenvalue weighted by molar-refractivity contribution is -0.143. The molecule has 1 rings (SSSR count). The molecule has 0 radical (unpaired) electrons. The molecular weight excluding hydrogens is 322 g/mol. The largest absolute Gasteiger partial charge is 0.466 e. The van der Waals surface area contributed by atoms with Gasteiger partial charge in [-0.3, -0.25) is 9.59 Å². The average molecular weight is 338 g/mol. The minimum atomic E-state index is -0.458. The first-order chi connectivity index (χ1) is 9.56. The van der Waals surface area contributed by atoms with Crippen molar-refractivity contribution in [1.82, 2.24) is 5.32 Å². The molecule has 4 nitrogen and oxygen atoms in total. The van der Waals surface area contributed by atoms with Crippen LogP contribution in [0.5, 0.6) is 0 Å². The number of benzene rings is 1. The summed E-state index contributed by atoms with van der Waals surface area (Å²) in [4.78, 5) is 23.2. The van der Waals surface area contributed by atoms with Crippen molar-refractivity contribution < 1.29 is 14.3 Å². The Morgan fingerprint density at radius 1 is 1.45 bits per heavy atom.